The van der Waals surface area contributed by atoms with E-state index in [1.807, 2.05) is 18.2 Å². The summed E-state index contributed by atoms with van der Waals surface area (Å²) in [6.07, 6.45) is 9.70. The van der Waals surface area contributed by atoms with Crippen molar-refractivity contribution >= 4 is 75.7 Å². The lowest BCUT2D eigenvalue weighted by Crippen LogP contribution is -2.21. The zero-order chi connectivity index (χ0) is 67.1. The summed E-state index contributed by atoms with van der Waals surface area (Å²) in [6, 6.07) is 121. The van der Waals surface area contributed by atoms with Crippen LogP contribution in [0.5, 0.6) is 0 Å². The number of nitriles is 1. The van der Waals surface area contributed by atoms with Gasteiger partial charge in [-0.25, -0.2) is 9.97 Å². The van der Waals surface area contributed by atoms with Crippen molar-refractivity contribution in [1.29, 1.82) is 5.26 Å². The topological polar surface area (TPSA) is 59.4 Å². The minimum atomic E-state index is -0.428. The molecule has 0 saturated heterocycles. The van der Waals surface area contributed by atoms with E-state index in [0.717, 1.165) is 90.8 Å². The second-order valence-corrected chi connectivity index (χ2v) is 26.9. The summed E-state index contributed by atoms with van der Waals surface area (Å²) in [5.74, 6) is 1.65. The molecule has 19 rings (SSSR count). The van der Waals surface area contributed by atoms with Crippen molar-refractivity contribution in [1.82, 2.24) is 19.1 Å². The summed E-state index contributed by atoms with van der Waals surface area (Å²) in [7, 11) is 0. The van der Waals surface area contributed by atoms with E-state index < -0.39 is 5.41 Å². The van der Waals surface area contributed by atoms with E-state index in [2.05, 4.69) is 356 Å². The molecule has 0 radical (unpaired) electrons. The first-order chi connectivity index (χ1) is 49.9. The standard InChI is InChI=1S/C96H63N5/c1-96(53-18-3-19-54-96)93-92(101(94(99-93)66-25-4-2-5-26-66)76-50-48-65(49-51-76)88-78-35-10-12-37-80(78)90(81-38-13-11-36-79(81)88)72-46-44-63-23-6-8-27-67(63)56-72)74-32-20-29-69(58-74)70-30-22-34-77(60-70)100-87-52-43-62(61-97)55-86(87)98-95(100)75-33-21-31-71(59-75)89-82-39-14-16-41-84(82)91(85-42-17-15-40-83(85)89)73-47-45-64-24-7-9-28-68(64)57-73/h2-53,55-60H,54H2,1H3. The molecular weight excluding hydrogens is 1220 g/mol. The Morgan fingerprint density at radius 2 is 0.772 bits per heavy atom. The van der Waals surface area contributed by atoms with Gasteiger partial charge in [-0.2, -0.15) is 5.26 Å². The van der Waals surface area contributed by atoms with Gasteiger partial charge in [-0.05, 0) is 193 Å². The molecule has 0 bridgehead atoms. The maximum Gasteiger partial charge on any atom is 0.145 e. The minimum Gasteiger partial charge on any atom is -0.292 e. The Bertz CT molecular complexity index is 6400. The first-order valence-electron chi connectivity index (χ1n) is 34.6. The molecule has 0 amide bonds. The molecule has 1 aliphatic carbocycles. The third kappa shape index (κ3) is 9.98. The van der Waals surface area contributed by atoms with Gasteiger partial charge < -0.3 is 0 Å². The van der Waals surface area contributed by atoms with Crippen LogP contribution < -0.4 is 0 Å². The predicted molar refractivity (Wildman–Crippen MR) is 422 cm³/mol. The molecule has 1 unspecified atom stereocenters. The third-order valence-electron chi connectivity index (χ3n) is 20.8. The summed E-state index contributed by atoms with van der Waals surface area (Å²) >= 11 is 0. The van der Waals surface area contributed by atoms with Gasteiger partial charge in [0, 0.05) is 33.5 Å². The van der Waals surface area contributed by atoms with Crippen LogP contribution in [-0.2, 0) is 5.41 Å². The Morgan fingerprint density at radius 3 is 1.33 bits per heavy atom. The van der Waals surface area contributed by atoms with Gasteiger partial charge in [-0.15, -0.1) is 0 Å². The number of nitrogens with zero attached hydrogens (tertiary/aromatic N) is 5. The molecule has 18 aromatic rings. The van der Waals surface area contributed by atoms with E-state index in [-0.39, 0.29) is 0 Å². The van der Waals surface area contributed by atoms with E-state index in [9.17, 15) is 5.26 Å². The molecule has 472 valence electrons. The first kappa shape index (κ1) is 59.0. The number of aromatic nitrogens is 4. The van der Waals surface area contributed by atoms with Gasteiger partial charge in [0.2, 0.25) is 0 Å². The molecule has 16 aromatic carbocycles. The Balaban J connectivity index is 0.747. The van der Waals surface area contributed by atoms with Crippen LogP contribution >= 0.6 is 0 Å². The SMILES string of the molecule is CC1(c2nc(-c3ccccc3)n(-c3ccc(-c4c5ccccc5c(-c5ccc6ccccc6c5)c5ccccc45)cc3)c2-c2cccc(-c3cccc(-n4c(-c5cccc(-c6c7ccccc7c(-c7ccc8ccccc8c7)c7ccccc67)c5)nc5cc(C#N)ccc54)c3)c2)C=CC=CC1. The average molecular weight is 1290 g/mol. The zero-order valence-corrected chi connectivity index (χ0v) is 55.4. The molecule has 0 fully saturated rings. The second-order valence-electron chi connectivity index (χ2n) is 26.9. The average Bonchev–Trinajstić information content (AvgIpc) is 1.37. The molecule has 2 heterocycles. The van der Waals surface area contributed by atoms with Crippen molar-refractivity contribution in [3.05, 3.63) is 363 Å². The monoisotopic (exact) mass is 1290 g/mol. The summed E-state index contributed by atoms with van der Waals surface area (Å²) in [5, 5.41) is 24.8. The highest BCUT2D eigenvalue weighted by atomic mass is 15.1. The summed E-state index contributed by atoms with van der Waals surface area (Å²) in [5.41, 5.74) is 20.4. The fourth-order valence-electron chi connectivity index (χ4n) is 16.1. The van der Waals surface area contributed by atoms with Gasteiger partial charge in [0.1, 0.15) is 11.6 Å². The van der Waals surface area contributed by atoms with Gasteiger partial charge >= 0.3 is 0 Å². The Morgan fingerprint density at radius 1 is 0.327 bits per heavy atom. The molecule has 0 spiro atoms. The van der Waals surface area contributed by atoms with Crippen molar-refractivity contribution in [3.63, 3.8) is 0 Å². The molecule has 1 aliphatic rings. The van der Waals surface area contributed by atoms with Crippen molar-refractivity contribution < 1.29 is 0 Å². The number of hydrogen-bond acceptors (Lipinski definition) is 3. The van der Waals surface area contributed by atoms with E-state index in [1.165, 1.54) is 98.0 Å². The molecule has 5 heteroatoms. The van der Waals surface area contributed by atoms with Crippen LogP contribution in [0.15, 0.2) is 352 Å². The Kier molecular flexibility index (Phi) is 14.1. The quantitative estimate of drug-likeness (QED) is 0.121. The molecule has 2 aromatic heterocycles. The maximum absolute atomic E-state index is 10.3. The summed E-state index contributed by atoms with van der Waals surface area (Å²) in [6.45, 7) is 2.32. The molecule has 101 heavy (non-hydrogen) atoms. The Labute approximate surface area is 585 Å². The lowest BCUT2D eigenvalue weighted by Gasteiger charge is -2.26. The van der Waals surface area contributed by atoms with Crippen LogP contribution in [0.1, 0.15) is 24.6 Å². The van der Waals surface area contributed by atoms with Crippen molar-refractivity contribution in [2.75, 3.05) is 0 Å². The lowest BCUT2D eigenvalue weighted by atomic mass is 9.79. The summed E-state index contributed by atoms with van der Waals surface area (Å²) < 4.78 is 4.67. The van der Waals surface area contributed by atoms with Crippen molar-refractivity contribution in [2.45, 2.75) is 18.8 Å². The highest BCUT2D eigenvalue weighted by Crippen LogP contribution is 2.49. The normalized spacial score (nSPS) is 13.7. The fraction of sp³-hybridized carbons (Fsp3) is 0.0312. The second kappa shape index (κ2) is 24.1. The summed E-state index contributed by atoms with van der Waals surface area (Å²) in [4.78, 5) is 11.3. The highest BCUT2D eigenvalue weighted by Gasteiger charge is 2.34. The predicted octanol–water partition coefficient (Wildman–Crippen LogP) is 25.1. The number of imidazole rings is 2. The van der Waals surface area contributed by atoms with Crippen molar-refractivity contribution in [3.8, 4) is 107 Å². The van der Waals surface area contributed by atoms with E-state index in [0.29, 0.717) is 5.56 Å². The van der Waals surface area contributed by atoms with Gasteiger partial charge in [0.05, 0.1) is 34.1 Å². The van der Waals surface area contributed by atoms with Gasteiger partial charge in [-0.3, -0.25) is 9.13 Å². The molecule has 0 aliphatic heterocycles. The van der Waals surface area contributed by atoms with Crippen LogP contribution in [0.25, 0.3) is 177 Å². The van der Waals surface area contributed by atoms with Gasteiger partial charge in [0.15, 0.2) is 0 Å². The van der Waals surface area contributed by atoms with Crippen LogP contribution in [0.3, 0.4) is 0 Å². The third-order valence-corrected chi connectivity index (χ3v) is 20.8. The maximum atomic E-state index is 10.3. The molecular formula is C96H63N5. The largest absolute Gasteiger partial charge is 0.292 e. The van der Waals surface area contributed by atoms with Crippen LogP contribution in [0.4, 0.5) is 0 Å². The molecule has 5 nitrogen and oxygen atoms in total. The molecule has 1 atom stereocenters. The van der Waals surface area contributed by atoms with Crippen LogP contribution in [0, 0.1) is 11.3 Å². The smallest absolute Gasteiger partial charge is 0.145 e. The Hall–Kier alpha value is -13.3. The first-order valence-corrected chi connectivity index (χ1v) is 34.6. The van der Waals surface area contributed by atoms with E-state index >= 15 is 0 Å². The number of rotatable bonds is 11. The minimum absolute atomic E-state index is 0.428. The number of fused-ring (bicyclic) bond motifs is 7. The highest BCUT2D eigenvalue weighted by molar-refractivity contribution is 6.23. The lowest BCUT2D eigenvalue weighted by molar-refractivity contribution is 0.584. The van der Waals surface area contributed by atoms with Crippen molar-refractivity contribution in [2.24, 2.45) is 0 Å². The van der Waals surface area contributed by atoms with Gasteiger partial charge in [0.25, 0.3) is 0 Å². The van der Waals surface area contributed by atoms with E-state index in [1.54, 1.807) is 0 Å². The molecule has 0 N–H and O–H groups in total. The number of allylic oxidation sites excluding steroid dienone is 4. The number of hydrogen-bond donors (Lipinski definition) is 0. The van der Waals surface area contributed by atoms with Crippen LogP contribution in [-0.4, -0.2) is 19.1 Å². The number of benzene rings is 16. The van der Waals surface area contributed by atoms with Crippen LogP contribution in [0.2, 0.25) is 0 Å². The fourth-order valence-corrected chi connectivity index (χ4v) is 16.1. The van der Waals surface area contributed by atoms with E-state index in [4.69, 9.17) is 9.97 Å². The van der Waals surface area contributed by atoms with Gasteiger partial charge in [-0.1, -0.05) is 292 Å². The molecule has 0 saturated carbocycles. The zero-order valence-electron chi connectivity index (χ0n) is 55.4.